The molecule has 0 saturated heterocycles. The first kappa shape index (κ1) is 28.6. The van der Waals surface area contributed by atoms with Gasteiger partial charge in [0.2, 0.25) is 11.5 Å². The fourth-order valence-corrected chi connectivity index (χ4v) is 4.93. The van der Waals surface area contributed by atoms with E-state index in [4.69, 9.17) is 9.98 Å². The molecule has 2 N–H and O–H groups in total. The SMILES string of the molecule is O=[N+]([O-])c1cc(Br)cc(C=NC(c2ccccc2)C(N=Cc2cc(Br)cc([N+](=O)[O-])c2O)c2ccccc2)c1O. The lowest BCUT2D eigenvalue weighted by molar-refractivity contribution is -0.386. The van der Waals surface area contributed by atoms with Crippen LogP contribution in [0.3, 0.4) is 0 Å². The number of aromatic hydroxyl groups is 2. The second-order valence-corrected chi connectivity index (χ2v) is 10.3. The maximum Gasteiger partial charge on any atom is 0.312 e. The second-order valence-electron chi connectivity index (χ2n) is 8.51. The van der Waals surface area contributed by atoms with Gasteiger partial charge in [-0.2, -0.15) is 0 Å². The van der Waals surface area contributed by atoms with Crippen molar-refractivity contribution in [3.8, 4) is 11.5 Å². The molecule has 4 aromatic rings. The van der Waals surface area contributed by atoms with Crippen molar-refractivity contribution in [2.24, 2.45) is 9.98 Å². The van der Waals surface area contributed by atoms with Gasteiger partial charge in [-0.1, -0.05) is 92.5 Å². The molecule has 0 saturated carbocycles. The number of rotatable bonds is 9. The van der Waals surface area contributed by atoms with Crippen molar-refractivity contribution in [3.05, 3.63) is 136 Å². The van der Waals surface area contributed by atoms with Crippen LogP contribution in [0.2, 0.25) is 0 Å². The van der Waals surface area contributed by atoms with E-state index in [9.17, 15) is 30.4 Å². The Hall–Kier alpha value is -4.42. The maximum absolute atomic E-state index is 11.4. The highest BCUT2D eigenvalue weighted by Crippen LogP contribution is 2.38. The average Bonchev–Trinajstić information content (AvgIpc) is 2.94. The zero-order valence-corrected chi connectivity index (χ0v) is 23.6. The number of benzene rings is 4. The molecule has 0 bridgehead atoms. The summed E-state index contributed by atoms with van der Waals surface area (Å²) in [7, 11) is 0. The monoisotopic (exact) mass is 666 g/mol. The Labute approximate surface area is 244 Å². The van der Waals surface area contributed by atoms with Crippen LogP contribution in [0.4, 0.5) is 11.4 Å². The Balaban J connectivity index is 1.86. The molecule has 202 valence electrons. The van der Waals surface area contributed by atoms with E-state index in [1.54, 1.807) is 0 Å². The van der Waals surface area contributed by atoms with Crippen LogP contribution in [0.1, 0.15) is 34.3 Å². The first-order valence-corrected chi connectivity index (χ1v) is 13.2. The summed E-state index contributed by atoms with van der Waals surface area (Å²) in [4.78, 5) is 30.9. The van der Waals surface area contributed by atoms with Crippen LogP contribution in [0.15, 0.2) is 104 Å². The van der Waals surface area contributed by atoms with Crippen LogP contribution in [-0.2, 0) is 0 Å². The molecule has 0 aliphatic rings. The predicted molar refractivity (Wildman–Crippen MR) is 158 cm³/mol. The molecule has 0 fully saturated rings. The number of nitro benzene ring substituents is 2. The first-order valence-electron chi connectivity index (χ1n) is 11.7. The Morgan fingerprint density at radius 3 is 1.32 bits per heavy atom. The third-order valence-corrected chi connectivity index (χ3v) is 6.81. The van der Waals surface area contributed by atoms with Crippen LogP contribution in [0.25, 0.3) is 0 Å². The van der Waals surface area contributed by atoms with Crippen LogP contribution in [0, 0.1) is 20.2 Å². The molecule has 2 unspecified atom stereocenters. The molecule has 2 atom stereocenters. The van der Waals surface area contributed by atoms with Gasteiger partial charge in [0.1, 0.15) is 12.1 Å². The smallest absolute Gasteiger partial charge is 0.312 e. The summed E-state index contributed by atoms with van der Waals surface area (Å²) in [5.41, 5.74) is 0.792. The molecule has 0 radical (unpaired) electrons. The van der Waals surface area contributed by atoms with Gasteiger partial charge in [0.25, 0.3) is 0 Å². The summed E-state index contributed by atoms with van der Waals surface area (Å²) in [5, 5.41) is 43.9. The van der Waals surface area contributed by atoms with Crippen molar-refractivity contribution in [3.63, 3.8) is 0 Å². The van der Waals surface area contributed by atoms with Crippen LogP contribution < -0.4 is 0 Å². The number of nitro groups is 2. The number of hydrogen-bond donors (Lipinski definition) is 2. The van der Waals surface area contributed by atoms with Gasteiger partial charge in [0.15, 0.2) is 0 Å². The molecule has 0 aliphatic carbocycles. The molecular formula is C28H20Br2N4O6. The van der Waals surface area contributed by atoms with E-state index in [1.807, 2.05) is 60.7 Å². The van der Waals surface area contributed by atoms with Crippen LogP contribution in [0.5, 0.6) is 11.5 Å². The summed E-state index contributed by atoms with van der Waals surface area (Å²) < 4.78 is 0.776. The number of phenolic OH excluding ortho intramolecular Hbond substituents is 2. The summed E-state index contributed by atoms with van der Waals surface area (Å²) >= 11 is 6.47. The van der Waals surface area contributed by atoms with Crippen molar-refractivity contribution >= 4 is 55.7 Å². The Bertz CT molecular complexity index is 1490. The van der Waals surface area contributed by atoms with Crippen molar-refractivity contribution in [2.75, 3.05) is 0 Å². The van der Waals surface area contributed by atoms with E-state index >= 15 is 0 Å². The van der Waals surface area contributed by atoms with Gasteiger partial charge in [-0.05, 0) is 23.3 Å². The van der Waals surface area contributed by atoms with Crippen LogP contribution >= 0.6 is 31.9 Å². The van der Waals surface area contributed by atoms with E-state index in [0.717, 1.165) is 11.1 Å². The van der Waals surface area contributed by atoms with E-state index < -0.39 is 44.8 Å². The normalized spacial score (nSPS) is 12.9. The van der Waals surface area contributed by atoms with Crippen molar-refractivity contribution < 1.29 is 20.1 Å². The zero-order chi connectivity index (χ0) is 28.8. The predicted octanol–water partition coefficient (Wildman–Crippen LogP) is 7.46. The third kappa shape index (κ3) is 6.58. The molecule has 10 nitrogen and oxygen atoms in total. The molecule has 12 heteroatoms. The van der Waals surface area contributed by atoms with Gasteiger partial charge in [-0.3, -0.25) is 30.2 Å². The van der Waals surface area contributed by atoms with Gasteiger partial charge in [-0.15, -0.1) is 0 Å². The Morgan fingerprint density at radius 1 is 0.650 bits per heavy atom. The van der Waals surface area contributed by atoms with Crippen molar-refractivity contribution in [1.82, 2.24) is 0 Å². The molecule has 0 spiro atoms. The highest BCUT2D eigenvalue weighted by atomic mass is 79.9. The largest absolute Gasteiger partial charge is 0.502 e. The maximum atomic E-state index is 11.4. The molecule has 0 heterocycles. The standard InChI is InChI=1S/C28H20Br2N4O6/c29-21-11-19(27(35)23(13-21)33(37)38)15-31-25(17-7-3-1-4-8-17)26(18-9-5-2-6-10-18)32-16-20-12-22(30)14-24(28(20)36)34(39)40/h1-16,25-26,35-36H. The Kier molecular flexibility index (Phi) is 9.02. The highest BCUT2D eigenvalue weighted by molar-refractivity contribution is 9.10. The highest BCUT2D eigenvalue weighted by Gasteiger charge is 2.25. The zero-order valence-electron chi connectivity index (χ0n) is 20.5. The molecule has 40 heavy (non-hydrogen) atoms. The minimum absolute atomic E-state index is 0.123. The molecule has 0 aromatic heterocycles. The molecule has 4 aromatic carbocycles. The molecular weight excluding hydrogens is 648 g/mol. The fourth-order valence-electron chi connectivity index (χ4n) is 4.01. The van der Waals surface area contributed by atoms with E-state index in [0.29, 0.717) is 8.95 Å². The van der Waals surface area contributed by atoms with E-state index in [2.05, 4.69) is 31.9 Å². The molecule has 0 amide bonds. The lowest BCUT2D eigenvalue weighted by atomic mass is 9.94. The van der Waals surface area contributed by atoms with Gasteiger partial charge >= 0.3 is 11.4 Å². The second kappa shape index (κ2) is 12.6. The number of hydrogen-bond acceptors (Lipinski definition) is 8. The van der Waals surface area contributed by atoms with E-state index in [-0.39, 0.29) is 11.1 Å². The van der Waals surface area contributed by atoms with Crippen LogP contribution in [-0.4, -0.2) is 32.5 Å². The topological polar surface area (TPSA) is 151 Å². The van der Waals surface area contributed by atoms with Gasteiger partial charge < -0.3 is 10.2 Å². The minimum Gasteiger partial charge on any atom is -0.502 e. The number of nitrogens with zero attached hydrogens (tertiary/aromatic N) is 4. The number of aliphatic imine (C=N–C) groups is 2. The summed E-state index contributed by atoms with van der Waals surface area (Å²) in [6.45, 7) is 0. The number of phenols is 2. The first-order chi connectivity index (χ1) is 19.2. The van der Waals surface area contributed by atoms with Gasteiger partial charge in [0.05, 0.1) is 9.85 Å². The number of halogens is 2. The van der Waals surface area contributed by atoms with Gasteiger partial charge in [0, 0.05) is 44.6 Å². The minimum atomic E-state index is -0.693. The lowest BCUT2D eigenvalue weighted by Gasteiger charge is -2.22. The van der Waals surface area contributed by atoms with Crippen molar-refractivity contribution in [1.29, 1.82) is 0 Å². The van der Waals surface area contributed by atoms with Crippen molar-refractivity contribution in [2.45, 2.75) is 12.1 Å². The molecule has 4 rings (SSSR count). The Morgan fingerprint density at radius 2 is 1.00 bits per heavy atom. The van der Waals surface area contributed by atoms with E-state index in [1.165, 1.54) is 36.7 Å². The third-order valence-electron chi connectivity index (χ3n) is 5.89. The van der Waals surface area contributed by atoms with Gasteiger partial charge in [-0.25, -0.2) is 0 Å². The molecule has 0 aliphatic heterocycles. The summed E-state index contributed by atoms with van der Waals surface area (Å²) in [6.07, 6.45) is 2.69. The summed E-state index contributed by atoms with van der Waals surface area (Å²) in [5.74, 6) is -1.07. The quantitative estimate of drug-likeness (QED) is 0.107. The average molecular weight is 668 g/mol. The summed E-state index contributed by atoms with van der Waals surface area (Å²) in [6, 6.07) is 22.4. The lowest BCUT2D eigenvalue weighted by Crippen LogP contribution is -2.09. The fraction of sp³-hybridized carbons (Fsp3) is 0.0714.